The first-order chi connectivity index (χ1) is 9.61. The summed E-state index contributed by atoms with van der Waals surface area (Å²) in [6.07, 6.45) is 5.88. The first kappa shape index (κ1) is 15.0. The summed E-state index contributed by atoms with van der Waals surface area (Å²) in [6.45, 7) is 4.45. The summed E-state index contributed by atoms with van der Waals surface area (Å²) in [5, 5.41) is 14.6. The molecule has 110 valence electrons. The van der Waals surface area contributed by atoms with E-state index >= 15 is 0 Å². The molecule has 0 amide bonds. The summed E-state index contributed by atoms with van der Waals surface area (Å²) in [4.78, 5) is 10.6. The number of nitrogens with one attached hydrogen (secondary N) is 1. The van der Waals surface area contributed by atoms with E-state index in [1.807, 2.05) is 6.07 Å². The van der Waals surface area contributed by atoms with E-state index in [2.05, 4.69) is 19.2 Å². The van der Waals surface area contributed by atoms with Gasteiger partial charge < -0.3 is 5.32 Å². The molecular formula is C16H24N2O2. The van der Waals surface area contributed by atoms with E-state index in [0.717, 1.165) is 18.4 Å². The van der Waals surface area contributed by atoms with E-state index < -0.39 is 0 Å². The number of nitro benzene ring substituents is 1. The molecule has 0 heterocycles. The smallest absolute Gasteiger partial charge is 0.269 e. The van der Waals surface area contributed by atoms with Gasteiger partial charge in [0.2, 0.25) is 0 Å². The molecule has 0 spiro atoms. The molecule has 0 saturated heterocycles. The van der Waals surface area contributed by atoms with Crippen LogP contribution in [-0.4, -0.2) is 11.0 Å². The van der Waals surface area contributed by atoms with Crippen LogP contribution in [-0.2, 0) is 0 Å². The van der Waals surface area contributed by atoms with Gasteiger partial charge in [0.25, 0.3) is 5.69 Å². The molecule has 3 atom stereocenters. The molecule has 0 aliphatic heterocycles. The fourth-order valence-electron chi connectivity index (χ4n) is 3.14. The zero-order valence-corrected chi connectivity index (χ0v) is 12.3. The molecule has 1 fully saturated rings. The van der Waals surface area contributed by atoms with Gasteiger partial charge in [0.15, 0.2) is 0 Å². The van der Waals surface area contributed by atoms with Crippen molar-refractivity contribution in [1.29, 1.82) is 0 Å². The standard InChI is InChI=1S/C16H24N2O2/c1-3-6-16(17-15-10-4-7-12(15)2)13-8-5-9-14(11-13)18(19)20/h5,8-9,11-12,15-17H,3-4,6-7,10H2,1-2H3. The van der Waals surface area contributed by atoms with E-state index in [1.165, 1.54) is 19.3 Å². The van der Waals surface area contributed by atoms with Gasteiger partial charge in [0.05, 0.1) is 4.92 Å². The van der Waals surface area contributed by atoms with E-state index in [4.69, 9.17) is 0 Å². The summed E-state index contributed by atoms with van der Waals surface area (Å²) in [5.74, 6) is 0.702. The Labute approximate surface area is 120 Å². The maximum Gasteiger partial charge on any atom is 0.269 e. The third kappa shape index (κ3) is 3.57. The van der Waals surface area contributed by atoms with Crippen molar-refractivity contribution in [3.63, 3.8) is 0 Å². The minimum Gasteiger partial charge on any atom is -0.307 e. The monoisotopic (exact) mass is 276 g/mol. The van der Waals surface area contributed by atoms with Crippen LogP contribution in [0.4, 0.5) is 5.69 Å². The molecule has 0 aromatic heterocycles. The van der Waals surface area contributed by atoms with E-state index in [1.54, 1.807) is 18.2 Å². The van der Waals surface area contributed by atoms with Crippen molar-refractivity contribution < 1.29 is 4.92 Å². The molecule has 1 saturated carbocycles. The van der Waals surface area contributed by atoms with Gasteiger partial charge in [-0.1, -0.05) is 38.8 Å². The fraction of sp³-hybridized carbons (Fsp3) is 0.625. The Morgan fingerprint density at radius 1 is 1.45 bits per heavy atom. The largest absolute Gasteiger partial charge is 0.307 e. The highest BCUT2D eigenvalue weighted by Crippen LogP contribution is 2.30. The third-order valence-electron chi connectivity index (χ3n) is 4.34. The van der Waals surface area contributed by atoms with Crippen LogP contribution in [0.1, 0.15) is 57.6 Å². The van der Waals surface area contributed by atoms with Crippen LogP contribution < -0.4 is 5.32 Å². The average Bonchev–Trinajstić information content (AvgIpc) is 2.84. The van der Waals surface area contributed by atoms with Crippen LogP contribution in [0.2, 0.25) is 0 Å². The number of hydrogen-bond acceptors (Lipinski definition) is 3. The van der Waals surface area contributed by atoms with Crippen molar-refractivity contribution in [3.8, 4) is 0 Å². The molecule has 4 heteroatoms. The summed E-state index contributed by atoms with van der Waals surface area (Å²) in [6, 6.07) is 7.84. The van der Waals surface area contributed by atoms with E-state index in [9.17, 15) is 10.1 Å². The highest BCUT2D eigenvalue weighted by Gasteiger charge is 2.26. The van der Waals surface area contributed by atoms with Gasteiger partial charge in [-0.15, -0.1) is 0 Å². The van der Waals surface area contributed by atoms with Crippen molar-refractivity contribution >= 4 is 5.69 Å². The molecule has 1 aliphatic carbocycles. The van der Waals surface area contributed by atoms with Crippen LogP contribution in [0, 0.1) is 16.0 Å². The van der Waals surface area contributed by atoms with Crippen molar-refractivity contribution in [2.75, 3.05) is 0 Å². The number of benzene rings is 1. The Bertz CT molecular complexity index is 462. The van der Waals surface area contributed by atoms with Crippen molar-refractivity contribution in [2.24, 2.45) is 5.92 Å². The topological polar surface area (TPSA) is 55.2 Å². The average molecular weight is 276 g/mol. The molecule has 20 heavy (non-hydrogen) atoms. The van der Waals surface area contributed by atoms with Gasteiger partial charge in [-0.2, -0.15) is 0 Å². The number of rotatable bonds is 6. The maximum absolute atomic E-state index is 10.9. The maximum atomic E-state index is 10.9. The molecule has 3 unspecified atom stereocenters. The van der Waals surface area contributed by atoms with Gasteiger partial charge in [-0.3, -0.25) is 10.1 Å². The normalized spacial score (nSPS) is 23.7. The molecule has 0 radical (unpaired) electrons. The Morgan fingerprint density at radius 2 is 2.25 bits per heavy atom. The highest BCUT2D eigenvalue weighted by atomic mass is 16.6. The summed E-state index contributed by atoms with van der Waals surface area (Å²) < 4.78 is 0. The van der Waals surface area contributed by atoms with Gasteiger partial charge in [0.1, 0.15) is 0 Å². The predicted octanol–water partition coefficient (Wildman–Crippen LogP) is 4.21. The molecule has 1 aromatic carbocycles. The van der Waals surface area contributed by atoms with Crippen LogP contribution in [0.15, 0.2) is 24.3 Å². The quantitative estimate of drug-likeness (QED) is 0.625. The zero-order valence-electron chi connectivity index (χ0n) is 12.3. The summed E-state index contributed by atoms with van der Waals surface area (Å²) in [5.41, 5.74) is 1.23. The molecule has 1 aromatic rings. The minimum atomic E-state index is -0.315. The molecule has 4 nitrogen and oxygen atoms in total. The fourth-order valence-corrected chi connectivity index (χ4v) is 3.14. The van der Waals surface area contributed by atoms with Crippen LogP contribution in [0.25, 0.3) is 0 Å². The minimum absolute atomic E-state index is 0.185. The van der Waals surface area contributed by atoms with Crippen molar-refractivity contribution in [2.45, 2.75) is 58.0 Å². The van der Waals surface area contributed by atoms with Gasteiger partial charge >= 0.3 is 0 Å². The lowest BCUT2D eigenvalue weighted by Crippen LogP contribution is -2.34. The summed E-state index contributed by atoms with van der Waals surface area (Å²) >= 11 is 0. The first-order valence-electron chi connectivity index (χ1n) is 7.62. The van der Waals surface area contributed by atoms with Crippen LogP contribution in [0.3, 0.4) is 0 Å². The third-order valence-corrected chi connectivity index (χ3v) is 4.34. The van der Waals surface area contributed by atoms with Crippen molar-refractivity contribution in [3.05, 3.63) is 39.9 Å². The number of nitrogens with zero attached hydrogens (tertiary/aromatic N) is 1. The zero-order chi connectivity index (χ0) is 14.5. The van der Waals surface area contributed by atoms with E-state index in [0.29, 0.717) is 12.0 Å². The second kappa shape index (κ2) is 6.84. The lowest BCUT2D eigenvalue weighted by molar-refractivity contribution is -0.384. The molecule has 1 aliphatic rings. The molecule has 2 rings (SSSR count). The van der Waals surface area contributed by atoms with Gasteiger partial charge in [-0.05, 0) is 30.7 Å². The van der Waals surface area contributed by atoms with E-state index in [-0.39, 0.29) is 16.7 Å². The van der Waals surface area contributed by atoms with Crippen LogP contribution in [0.5, 0.6) is 0 Å². The van der Waals surface area contributed by atoms with Gasteiger partial charge in [0, 0.05) is 24.2 Å². The lowest BCUT2D eigenvalue weighted by atomic mass is 9.98. The molecular weight excluding hydrogens is 252 g/mol. The SMILES string of the molecule is CCCC(NC1CCCC1C)c1cccc([N+](=O)[O-])c1. The molecule has 1 N–H and O–H groups in total. The lowest BCUT2D eigenvalue weighted by Gasteiger charge is -2.25. The second-order valence-electron chi connectivity index (χ2n) is 5.87. The van der Waals surface area contributed by atoms with Crippen LogP contribution >= 0.6 is 0 Å². The second-order valence-corrected chi connectivity index (χ2v) is 5.87. The Morgan fingerprint density at radius 3 is 2.85 bits per heavy atom. The Hall–Kier alpha value is -1.42. The number of non-ortho nitro benzene ring substituents is 1. The Kier molecular flexibility index (Phi) is 5.12. The number of nitro groups is 1. The Balaban J connectivity index is 2.14. The predicted molar refractivity (Wildman–Crippen MR) is 80.7 cm³/mol. The van der Waals surface area contributed by atoms with Gasteiger partial charge in [-0.25, -0.2) is 0 Å². The first-order valence-corrected chi connectivity index (χ1v) is 7.62. The summed E-state index contributed by atoms with van der Waals surface area (Å²) in [7, 11) is 0. The highest BCUT2D eigenvalue weighted by molar-refractivity contribution is 5.35. The molecule has 0 bridgehead atoms. The number of hydrogen-bond donors (Lipinski definition) is 1. The van der Waals surface area contributed by atoms with Crippen molar-refractivity contribution in [1.82, 2.24) is 5.32 Å².